The van der Waals surface area contributed by atoms with E-state index in [0.29, 0.717) is 22.2 Å². The van der Waals surface area contributed by atoms with Crippen LogP contribution >= 0.6 is 11.8 Å². The van der Waals surface area contributed by atoms with Crippen LogP contribution in [0.25, 0.3) is 0 Å². The average molecular weight is 484 g/mol. The lowest BCUT2D eigenvalue weighted by Crippen LogP contribution is -2.24. The lowest BCUT2D eigenvalue weighted by atomic mass is 10.2. The molecule has 2 amide bonds. The summed E-state index contributed by atoms with van der Waals surface area (Å²) in [5.41, 5.74) is 0.879. The van der Waals surface area contributed by atoms with Gasteiger partial charge in [-0.25, -0.2) is 4.79 Å². The second-order valence-corrected chi connectivity index (χ2v) is 7.80. The molecule has 0 fully saturated rings. The maximum atomic E-state index is 12.3. The van der Waals surface area contributed by atoms with Crippen LogP contribution in [-0.2, 0) is 23.1 Å². The van der Waals surface area contributed by atoms with Crippen LogP contribution in [0.3, 0.4) is 0 Å². The molecule has 2 N–H and O–H groups in total. The summed E-state index contributed by atoms with van der Waals surface area (Å²) in [4.78, 5) is 46.3. The minimum Gasteiger partial charge on any atom is -0.465 e. The molecule has 0 aliphatic rings. The Balaban J connectivity index is 1.51. The third kappa shape index (κ3) is 6.16. The first-order valence-corrected chi connectivity index (χ1v) is 10.8. The molecule has 13 heteroatoms. The van der Waals surface area contributed by atoms with Gasteiger partial charge in [0.25, 0.3) is 11.6 Å². The van der Waals surface area contributed by atoms with Gasteiger partial charge >= 0.3 is 5.97 Å². The van der Waals surface area contributed by atoms with Crippen molar-refractivity contribution in [2.75, 3.05) is 18.2 Å². The Morgan fingerprint density at radius 1 is 1.12 bits per heavy atom. The monoisotopic (exact) mass is 484 g/mol. The molecule has 3 rings (SSSR count). The number of nitrogens with zero attached hydrogens (tertiary/aromatic N) is 4. The molecule has 12 nitrogen and oxygen atoms in total. The third-order valence-electron chi connectivity index (χ3n) is 4.57. The number of nitro benzene ring substituents is 1. The van der Waals surface area contributed by atoms with E-state index in [0.717, 1.165) is 11.8 Å². The molecule has 176 valence electrons. The molecule has 2 aromatic carbocycles. The van der Waals surface area contributed by atoms with Crippen LogP contribution < -0.4 is 10.6 Å². The molecule has 0 spiro atoms. The number of ether oxygens (including phenoxy) is 1. The van der Waals surface area contributed by atoms with E-state index in [4.69, 9.17) is 0 Å². The smallest absolute Gasteiger partial charge is 0.337 e. The summed E-state index contributed by atoms with van der Waals surface area (Å²) in [5.74, 6) is -0.726. The maximum Gasteiger partial charge on any atom is 0.337 e. The summed E-state index contributed by atoms with van der Waals surface area (Å²) >= 11 is 1.16. The molecule has 0 bridgehead atoms. The molecule has 34 heavy (non-hydrogen) atoms. The highest BCUT2D eigenvalue weighted by molar-refractivity contribution is 7.99. The zero-order chi connectivity index (χ0) is 24.7. The topological polar surface area (TPSA) is 158 Å². The number of non-ortho nitro benzene ring substituents is 1. The summed E-state index contributed by atoms with van der Waals surface area (Å²) in [7, 11) is 2.99. The molecular formula is C21H20N6O6S. The molecule has 1 heterocycles. The predicted molar refractivity (Wildman–Crippen MR) is 122 cm³/mol. The second-order valence-electron chi connectivity index (χ2n) is 6.85. The standard InChI is InChI=1S/C21H20N6O6S/c1-26-17(11-22-19(29)14-4-3-5-16(10-14)27(31)32)24-25-21(26)34-12-18(28)23-15-8-6-13(7-9-15)20(30)33-2/h3-10H,11-12H2,1-2H3,(H,22,29)(H,23,28). The number of carbonyl (C=O) groups is 3. The average Bonchev–Trinajstić information content (AvgIpc) is 3.20. The summed E-state index contributed by atoms with van der Waals surface area (Å²) in [6.07, 6.45) is 0. The molecule has 0 radical (unpaired) electrons. The fourth-order valence-electron chi connectivity index (χ4n) is 2.78. The van der Waals surface area contributed by atoms with Crippen molar-refractivity contribution in [3.8, 4) is 0 Å². The second kappa shape index (κ2) is 11.0. The van der Waals surface area contributed by atoms with Crippen LogP contribution in [0.4, 0.5) is 11.4 Å². The van der Waals surface area contributed by atoms with Crippen LogP contribution in [0.5, 0.6) is 0 Å². The number of methoxy groups -OCH3 is 1. The van der Waals surface area contributed by atoms with Crippen molar-refractivity contribution in [1.82, 2.24) is 20.1 Å². The summed E-state index contributed by atoms with van der Waals surface area (Å²) < 4.78 is 6.27. The number of nitro groups is 1. The van der Waals surface area contributed by atoms with Crippen LogP contribution in [0, 0.1) is 10.1 Å². The first-order valence-electron chi connectivity index (χ1n) is 9.80. The summed E-state index contributed by atoms with van der Waals surface area (Å²) in [5, 5.41) is 24.7. The first-order chi connectivity index (χ1) is 16.3. The number of rotatable bonds is 9. The number of esters is 1. The quantitative estimate of drug-likeness (QED) is 0.201. The summed E-state index contributed by atoms with van der Waals surface area (Å²) in [6.45, 7) is 0.0460. The minimum atomic E-state index is -0.573. The van der Waals surface area contributed by atoms with E-state index in [-0.39, 0.29) is 29.5 Å². The van der Waals surface area contributed by atoms with Gasteiger partial charge < -0.3 is 19.9 Å². The molecule has 3 aromatic rings. The van der Waals surface area contributed by atoms with Gasteiger partial charge in [-0.3, -0.25) is 19.7 Å². The lowest BCUT2D eigenvalue weighted by molar-refractivity contribution is -0.384. The van der Waals surface area contributed by atoms with Gasteiger partial charge in [-0.15, -0.1) is 10.2 Å². The van der Waals surface area contributed by atoms with Crippen molar-refractivity contribution >= 4 is 40.9 Å². The van der Waals surface area contributed by atoms with Gasteiger partial charge in [0.2, 0.25) is 5.91 Å². The Morgan fingerprint density at radius 3 is 2.53 bits per heavy atom. The zero-order valence-corrected chi connectivity index (χ0v) is 19.0. The van der Waals surface area contributed by atoms with E-state index in [1.54, 1.807) is 35.9 Å². The van der Waals surface area contributed by atoms with Crippen molar-refractivity contribution in [2.24, 2.45) is 7.05 Å². The maximum absolute atomic E-state index is 12.3. The molecular weight excluding hydrogens is 464 g/mol. The van der Waals surface area contributed by atoms with Gasteiger partial charge in [0.1, 0.15) is 0 Å². The van der Waals surface area contributed by atoms with E-state index >= 15 is 0 Å². The van der Waals surface area contributed by atoms with Crippen molar-refractivity contribution in [3.05, 3.63) is 75.6 Å². The number of aromatic nitrogens is 3. The Morgan fingerprint density at radius 2 is 1.85 bits per heavy atom. The van der Waals surface area contributed by atoms with Crippen LogP contribution in [0.15, 0.2) is 53.7 Å². The van der Waals surface area contributed by atoms with Crippen LogP contribution in [0.2, 0.25) is 0 Å². The van der Waals surface area contributed by atoms with Gasteiger partial charge in [-0.05, 0) is 30.3 Å². The van der Waals surface area contributed by atoms with Gasteiger partial charge in [0.05, 0.1) is 29.9 Å². The molecule has 0 atom stereocenters. The Labute approximate surface area is 197 Å². The Hall–Kier alpha value is -4.26. The number of carbonyl (C=O) groups excluding carboxylic acids is 3. The molecule has 0 aliphatic carbocycles. The fourth-order valence-corrected chi connectivity index (χ4v) is 3.51. The number of amides is 2. The largest absolute Gasteiger partial charge is 0.465 e. The zero-order valence-electron chi connectivity index (χ0n) is 18.2. The fraction of sp³-hybridized carbons (Fsp3) is 0.190. The normalized spacial score (nSPS) is 10.4. The van der Waals surface area contributed by atoms with Crippen molar-refractivity contribution in [2.45, 2.75) is 11.7 Å². The predicted octanol–water partition coefficient (Wildman–Crippen LogP) is 2.17. The van der Waals surface area contributed by atoms with E-state index in [2.05, 4.69) is 25.6 Å². The van der Waals surface area contributed by atoms with E-state index < -0.39 is 16.8 Å². The van der Waals surface area contributed by atoms with Crippen molar-refractivity contribution in [3.63, 3.8) is 0 Å². The molecule has 1 aromatic heterocycles. The minimum absolute atomic E-state index is 0.0460. The highest BCUT2D eigenvalue weighted by Crippen LogP contribution is 2.17. The number of thioether (sulfide) groups is 1. The first kappa shape index (κ1) is 24.4. The third-order valence-corrected chi connectivity index (χ3v) is 5.59. The van der Waals surface area contributed by atoms with E-state index in [1.165, 1.54) is 31.4 Å². The van der Waals surface area contributed by atoms with Crippen LogP contribution in [-0.4, -0.2) is 50.3 Å². The molecule has 0 saturated heterocycles. The molecule has 0 unspecified atom stereocenters. The number of nitrogens with one attached hydrogen (secondary N) is 2. The van der Waals surface area contributed by atoms with Crippen LogP contribution in [0.1, 0.15) is 26.5 Å². The highest BCUT2D eigenvalue weighted by atomic mass is 32.2. The Bertz CT molecular complexity index is 1230. The SMILES string of the molecule is COC(=O)c1ccc(NC(=O)CSc2nnc(CNC(=O)c3cccc([N+](=O)[O-])c3)n2C)cc1. The molecule has 0 aliphatic heterocycles. The van der Waals surface area contributed by atoms with Gasteiger partial charge in [-0.1, -0.05) is 17.8 Å². The number of benzene rings is 2. The highest BCUT2D eigenvalue weighted by Gasteiger charge is 2.15. The number of hydrogen-bond donors (Lipinski definition) is 2. The number of anilines is 1. The van der Waals surface area contributed by atoms with E-state index in [9.17, 15) is 24.5 Å². The lowest BCUT2D eigenvalue weighted by Gasteiger charge is -2.07. The van der Waals surface area contributed by atoms with E-state index in [1.807, 2.05) is 0 Å². The van der Waals surface area contributed by atoms with Gasteiger partial charge in [0, 0.05) is 30.4 Å². The summed E-state index contributed by atoms with van der Waals surface area (Å²) in [6, 6.07) is 11.7. The van der Waals surface area contributed by atoms with Gasteiger partial charge in [0.15, 0.2) is 11.0 Å². The van der Waals surface area contributed by atoms with Gasteiger partial charge in [-0.2, -0.15) is 0 Å². The van der Waals surface area contributed by atoms with Crippen molar-refractivity contribution < 1.29 is 24.0 Å². The molecule has 0 saturated carbocycles. The Kier molecular flexibility index (Phi) is 7.92. The number of hydrogen-bond acceptors (Lipinski definition) is 9. The van der Waals surface area contributed by atoms with Crippen molar-refractivity contribution in [1.29, 1.82) is 0 Å².